The summed E-state index contributed by atoms with van der Waals surface area (Å²) in [7, 11) is 0. The molecule has 0 aliphatic heterocycles. The molecule has 0 saturated heterocycles. The second-order valence-electron chi connectivity index (χ2n) is 5.75. The van der Waals surface area contributed by atoms with Crippen molar-refractivity contribution in [3.8, 4) is 0 Å². The molecular formula is C21H20FN3. The molecule has 0 saturated carbocycles. The summed E-state index contributed by atoms with van der Waals surface area (Å²) in [6.07, 6.45) is 0. The molecular weight excluding hydrogens is 313 g/mol. The van der Waals surface area contributed by atoms with E-state index in [-0.39, 0.29) is 5.82 Å². The zero-order chi connectivity index (χ0) is 17.6. The summed E-state index contributed by atoms with van der Waals surface area (Å²) in [4.78, 5) is 0. The van der Waals surface area contributed by atoms with E-state index in [9.17, 15) is 4.39 Å². The van der Waals surface area contributed by atoms with E-state index in [0.717, 1.165) is 28.2 Å². The lowest BCUT2D eigenvalue weighted by atomic mass is 10.1. The van der Waals surface area contributed by atoms with Gasteiger partial charge in [0.05, 0.1) is 11.4 Å². The van der Waals surface area contributed by atoms with Crippen molar-refractivity contribution < 1.29 is 4.39 Å². The van der Waals surface area contributed by atoms with Crippen LogP contribution in [0.25, 0.3) is 5.70 Å². The molecule has 3 aromatic rings. The van der Waals surface area contributed by atoms with Crippen LogP contribution in [0.15, 0.2) is 79.4 Å². The number of nitrogens with one attached hydrogen (secondary N) is 2. The number of rotatable bonds is 6. The number of halogens is 1. The smallest absolute Gasteiger partial charge is 0.123 e. The highest BCUT2D eigenvalue weighted by molar-refractivity contribution is 5.80. The Balaban J connectivity index is 1.60. The minimum absolute atomic E-state index is 0.236. The minimum atomic E-state index is -0.236. The number of benzene rings is 3. The fourth-order valence-corrected chi connectivity index (χ4v) is 2.44. The molecule has 0 fully saturated rings. The van der Waals surface area contributed by atoms with E-state index in [1.807, 2.05) is 48.5 Å². The topological polar surface area (TPSA) is 50.1 Å². The first kappa shape index (κ1) is 16.6. The van der Waals surface area contributed by atoms with Gasteiger partial charge in [0.15, 0.2) is 0 Å². The maximum atomic E-state index is 12.9. The van der Waals surface area contributed by atoms with Crippen molar-refractivity contribution in [2.75, 3.05) is 16.4 Å². The molecule has 3 aromatic carbocycles. The maximum Gasteiger partial charge on any atom is 0.123 e. The summed E-state index contributed by atoms with van der Waals surface area (Å²) in [6, 6.07) is 22.0. The van der Waals surface area contributed by atoms with E-state index in [2.05, 4.69) is 17.2 Å². The monoisotopic (exact) mass is 333 g/mol. The van der Waals surface area contributed by atoms with Crippen molar-refractivity contribution in [1.29, 1.82) is 0 Å². The molecule has 25 heavy (non-hydrogen) atoms. The van der Waals surface area contributed by atoms with Crippen LogP contribution in [0.4, 0.5) is 21.5 Å². The van der Waals surface area contributed by atoms with Gasteiger partial charge < -0.3 is 16.4 Å². The number of para-hydroxylation sites is 2. The molecule has 0 aromatic heterocycles. The quantitative estimate of drug-likeness (QED) is 0.550. The molecule has 4 N–H and O–H groups in total. The summed E-state index contributed by atoms with van der Waals surface area (Å²) in [6.45, 7) is 4.74. The predicted octanol–water partition coefficient (Wildman–Crippen LogP) is 5.10. The lowest BCUT2D eigenvalue weighted by Crippen LogP contribution is -2.02. The van der Waals surface area contributed by atoms with Crippen LogP contribution < -0.4 is 16.4 Å². The molecule has 0 atom stereocenters. The SMILES string of the molecule is C=C(Nc1ccccc1N)c1ccc(CNc2ccc(F)cc2)cc1. The second-order valence-corrected chi connectivity index (χ2v) is 5.75. The Kier molecular flexibility index (Phi) is 5.00. The number of hydrogen-bond acceptors (Lipinski definition) is 3. The summed E-state index contributed by atoms with van der Waals surface area (Å²) in [5.74, 6) is -0.236. The number of hydrogen-bond donors (Lipinski definition) is 3. The van der Waals surface area contributed by atoms with Gasteiger partial charge in [-0.25, -0.2) is 4.39 Å². The third-order valence-electron chi connectivity index (χ3n) is 3.89. The van der Waals surface area contributed by atoms with Crippen LogP contribution >= 0.6 is 0 Å². The molecule has 3 rings (SSSR count). The Morgan fingerprint density at radius 1 is 0.920 bits per heavy atom. The maximum absolute atomic E-state index is 12.9. The molecule has 126 valence electrons. The first-order valence-electron chi connectivity index (χ1n) is 8.01. The zero-order valence-electron chi connectivity index (χ0n) is 13.8. The summed E-state index contributed by atoms with van der Waals surface area (Å²) >= 11 is 0. The van der Waals surface area contributed by atoms with Crippen LogP contribution in [0.2, 0.25) is 0 Å². The number of nitrogens with two attached hydrogens (primary N) is 1. The van der Waals surface area contributed by atoms with Crippen molar-refractivity contribution in [2.45, 2.75) is 6.54 Å². The van der Waals surface area contributed by atoms with Crippen LogP contribution in [0, 0.1) is 5.82 Å². The summed E-state index contributed by atoms with van der Waals surface area (Å²) in [5.41, 5.74) is 11.3. The second kappa shape index (κ2) is 7.53. The molecule has 0 bridgehead atoms. The third kappa shape index (κ3) is 4.38. The largest absolute Gasteiger partial charge is 0.397 e. The molecule has 0 amide bonds. The highest BCUT2D eigenvalue weighted by Crippen LogP contribution is 2.22. The third-order valence-corrected chi connectivity index (χ3v) is 3.89. The summed E-state index contributed by atoms with van der Waals surface area (Å²) < 4.78 is 12.9. The van der Waals surface area contributed by atoms with E-state index < -0.39 is 0 Å². The van der Waals surface area contributed by atoms with Gasteiger partial charge in [0.25, 0.3) is 0 Å². The van der Waals surface area contributed by atoms with Crippen molar-refractivity contribution in [3.63, 3.8) is 0 Å². The molecule has 0 aliphatic carbocycles. The molecule has 0 unspecified atom stereocenters. The Hall–Kier alpha value is -3.27. The standard InChI is InChI=1S/C21H20FN3/c1-15(25-21-5-3-2-4-20(21)23)17-8-6-16(7-9-17)14-24-19-12-10-18(22)11-13-19/h2-13,24-25H,1,14,23H2. The molecule has 0 spiro atoms. The van der Waals surface area contributed by atoms with Gasteiger partial charge in [0.1, 0.15) is 5.82 Å². The lowest BCUT2D eigenvalue weighted by Gasteiger charge is -2.13. The van der Waals surface area contributed by atoms with Crippen LogP contribution in [0.3, 0.4) is 0 Å². The van der Waals surface area contributed by atoms with Crippen LogP contribution in [-0.2, 0) is 6.54 Å². The van der Waals surface area contributed by atoms with Crippen LogP contribution in [0.1, 0.15) is 11.1 Å². The highest BCUT2D eigenvalue weighted by Gasteiger charge is 2.03. The van der Waals surface area contributed by atoms with Gasteiger partial charge in [0.2, 0.25) is 0 Å². The van der Waals surface area contributed by atoms with Gasteiger partial charge in [-0.05, 0) is 47.5 Å². The predicted molar refractivity (Wildman–Crippen MR) is 104 cm³/mol. The fourth-order valence-electron chi connectivity index (χ4n) is 2.44. The Bertz CT molecular complexity index is 855. The normalized spacial score (nSPS) is 10.3. The van der Waals surface area contributed by atoms with Gasteiger partial charge in [-0.15, -0.1) is 0 Å². The van der Waals surface area contributed by atoms with E-state index in [0.29, 0.717) is 12.2 Å². The summed E-state index contributed by atoms with van der Waals surface area (Å²) in [5, 5.41) is 6.50. The average Bonchev–Trinajstić information content (AvgIpc) is 2.63. The molecule has 3 nitrogen and oxygen atoms in total. The van der Waals surface area contributed by atoms with Crippen molar-refractivity contribution >= 4 is 22.8 Å². The van der Waals surface area contributed by atoms with Crippen LogP contribution in [-0.4, -0.2) is 0 Å². The van der Waals surface area contributed by atoms with E-state index in [4.69, 9.17) is 5.73 Å². The molecule has 4 heteroatoms. The molecule has 0 heterocycles. The first-order valence-corrected chi connectivity index (χ1v) is 8.01. The fraction of sp³-hybridized carbons (Fsp3) is 0.0476. The molecule has 0 aliphatic rings. The first-order chi connectivity index (χ1) is 12.1. The highest BCUT2D eigenvalue weighted by atomic mass is 19.1. The van der Waals surface area contributed by atoms with Gasteiger partial charge >= 0.3 is 0 Å². The van der Waals surface area contributed by atoms with Crippen molar-refractivity contribution in [3.05, 3.63) is 96.3 Å². The van der Waals surface area contributed by atoms with Crippen LogP contribution in [0.5, 0.6) is 0 Å². The molecule has 0 radical (unpaired) electrons. The van der Waals surface area contributed by atoms with E-state index in [1.54, 1.807) is 12.1 Å². The van der Waals surface area contributed by atoms with Gasteiger partial charge in [-0.2, -0.15) is 0 Å². The van der Waals surface area contributed by atoms with E-state index >= 15 is 0 Å². The Morgan fingerprint density at radius 3 is 2.28 bits per heavy atom. The zero-order valence-corrected chi connectivity index (χ0v) is 13.8. The number of anilines is 3. The van der Waals surface area contributed by atoms with E-state index in [1.165, 1.54) is 12.1 Å². The number of nitrogen functional groups attached to an aromatic ring is 1. The van der Waals surface area contributed by atoms with Crippen molar-refractivity contribution in [2.24, 2.45) is 0 Å². The lowest BCUT2D eigenvalue weighted by molar-refractivity contribution is 0.628. The Morgan fingerprint density at radius 2 is 1.60 bits per heavy atom. The van der Waals surface area contributed by atoms with Gasteiger partial charge in [-0.1, -0.05) is 43.0 Å². The van der Waals surface area contributed by atoms with Gasteiger partial charge in [0, 0.05) is 17.9 Å². The average molecular weight is 333 g/mol. The van der Waals surface area contributed by atoms with Gasteiger partial charge in [-0.3, -0.25) is 0 Å². The van der Waals surface area contributed by atoms with Crippen molar-refractivity contribution in [1.82, 2.24) is 0 Å². The minimum Gasteiger partial charge on any atom is -0.397 e. The Labute approximate surface area is 147 Å².